The molecule has 3 N–H and O–H groups in total. The van der Waals surface area contributed by atoms with Gasteiger partial charge in [0, 0.05) is 0 Å². The quantitative estimate of drug-likeness (QED) is 0.211. The van der Waals surface area contributed by atoms with E-state index >= 15 is 0 Å². The second-order valence-corrected chi connectivity index (χ2v) is 10.1. The molecule has 1 aliphatic heterocycles. The number of rotatable bonds is 10. The Kier molecular flexibility index (Phi) is 10.1. The molecule has 1 aromatic rings. The molecule has 1 heterocycles. The molecule has 1 aliphatic rings. The number of aliphatic hydroxyl groups excluding tert-OH is 1. The van der Waals surface area contributed by atoms with Crippen LogP contribution in [0.5, 0.6) is 5.75 Å². The molecule has 1 fully saturated rings. The zero-order valence-electron chi connectivity index (χ0n) is 16.9. The van der Waals surface area contributed by atoms with Crippen LogP contribution in [0.1, 0.15) is 0 Å². The number of amides is 2. The van der Waals surface area contributed by atoms with Crippen LogP contribution in [0.15, 0.2) is 30.3 Å². The summed E-state index contributed by atoms with van der Waals surface area (Å²) in [6, 6.07) is 6.95. The predicted octanol–water partition coefficient (Wildman–Crippen LogP) is 0.905. The number of β-lactam (4-membered cyclic amide) rings is 1. The van der Waals surface area contributed by atoms with Crippen molar-refractivity contribution in [1.29, 1.82) is 0 Å². The smallest absolute Gasteiger partial charge is 0.484 e. The maximum Gasteiger partial charge on any atom is 0.508 e. The molecule has 0 radical (unpaired) electrons. The molecule has 2 rings (SSSR count). The topological polar surface area (TPSA) is 169 Å². The van der Waals surface area contributed by atoms with Gasteiger partial charge in [0.2, 0.25) is 15.1 Å². The van der Waals surface area contributed by atoms with Gasteiger partial charge in [-0.2, -0.15) is 0 Å². The number of hydrogen-bond donors (Lipinski definition) is 3. The average Bonchev–Trinajstić information content (AvgIpc) is 2.78. The van der Waals surface area contributed by atoms with Crippen molar-refractivity contribution in [3.05, 3.63) is 30.3 Å². The second kappa shape index (κ2) is 12.3. The number of hydrogen-bond acceptors (Lipinski definition) is 10. The van der Waals surface area contributed by atoms with Crippen LogP contribution in [-0.2, 0) is 28.7 Å². The molecule has 3 atom stereocenters. The Morgan fingerprint density at radius 3 is 2.35 bits per heavy atom. The summed E-state index contributed by atoms with van der Waals surface area (Å²) in [5.41, 5.74) is 0. The van der Waals surface area contributed by atoms with Crippen molar-refractivity contribution < 1.29 is 48.4 Å². The van der Waals surface area contributed by atoms with Gasteiger partial charge in [0.1, 0.15) is 23.8 Å². The van der Waals surface area contributed by atoms with Gasteiger partial charge < -0.3 is 29.7 Å². The van der Waals surface area contributed by atoms with Gasteiger partial charge in [-0.3, -0.25) is 19.3 Å². The third-order valence-corrected chi connectivity index (χ3v) is 5.36. The Balaban J connectivity index is 1.94. The number of nitrogens with one attached hydrogen (secondary N) is 1. The fraction of sp³-hybridized carbons (Fsp3) is 0.389. The molecule has 1 aromatic carbocycles. The highest BCUT2D eigenvalue weighted by Gasteiger charge is 2.54. The molecule has 3 unspecified atom stereocenters. The number of carbonyl (C=O) groups is 5. The number of nitrogens with zero attached hydrogens (tertiary/aromatic N) is 1. The third kappa shape index (κ3) is 8.40. The highest BCUT2D eigenvalue weighted by Crippen LogP contribution is 2.32. The lowest BCUT2D eigenvalue weighted by Crippen LogP contribution is -2.73. The van der Waals surface area contributed by atoms with E-state index in [2.05, 4.69) is 14.8 Å². The number of likely N-dealkylation sites (tertiary alicyclic amines) is 1. The molecule has 1 saturated heterocycles. The molecule has 0 spiro atoms. The number of carbonyl (C=O) groups excluding carboxylic acids is 4. The Morgan fingerprint density at radius 2 is 1.76 bits per heavy atom. The van der Waals surface area contributed by atoms with Crippen LogP contribution < -0.4 is 10.1 Å². The lowest BCUT2D eigenvalue weighted by molar-refractivity contribution is -0.178. The van der Waals surface area contributed by atoms with Crippen LogP contribution >= 0.6 is 46.6 Å². The minimum Gasteiger partial charge on any atom is -0.484 e. The molecule has 12 nitrogen and oxygen atoms in total. The van der Waals surface area contributed by atoms with Crippen molar-refractivity contribution in [2.45, 2.75) is 21.4 Å². The first kappa shape index (κ1) is 27.8. The van der Waals surface area contributed by atoms with Gasteiger partial charge in [0.15, 0.2) is 13.2 Å². The molecule has 0 bridgehead atoms. The van der Waals surface area contributed by atoms with Crippen LogP contribution in [0, 0.1) is 0 Å². The van der Waals surface area contributed by atoms with Crippen molar-refractivity contribution in [3.63, 3.8) is 0 Å². The van der Waals surface area contributed by atoms with E-state index in [9.17, 15) is 29.1 Å². The van der Waals surface area contributed by atoms with Gasteiger partial charge in [-0.05, 0) is 12.1 Å². The van der Waals surface area contributed by atoms with E-state index in [0.717, 1.165) is 0 Å². The molecular weight excluding hydrogens is 543 g/mol. The van der Waals surface area contributed by atoms with Crippen LogP contribution in [0.2, 0.25) is 0 Å². The van der Waals surface area contributed by atoms with Gasteiger partial charge in [-0.25, -0.2) is 9.59 Å². The van der Waals surface area contributed by atoms with E-state index < -0.39 is 70.3 Å². The van der Waals surface area contributed by atoms with E-state index in [1.807, 2.05) is 0 Å². The maximum atomic E-state index is 12.3. The molecule has 0 saturated carbocycles. The van der Waals surface area contributed by atoms with E-state index in [1.54, 1.807) is 30.3 Å². The lowest BCUT2D eigenvalue weighted by atomic mass is 10.1. The van der Waals surface area contributed by atoms with Crippen LogP contribution in [-0.4, -0.2) is 85.4 Å². The number of halogens is 3. The number of thioether (sulfide) groups is 1. The number of carboxylic acid groups (broad SMARTS) is 1. The second-order valence-electron chi connectivity index (χ2n) is 6.43. The monoisotopic (exact) mass is 558 g/mol. The Hall–Kier alpha value is -2.45. The summed E-state index contributed by atoms with van der Waals surface area (Å²) in [7, 11) is 0. The summed E-state index contributed by atoms with van der Waals surface area (Å²) in [4.78, 5) is 59.7. The van der Waals surface area contributed by atoms with Crippen molar-refractivity contribution >= 4 is 75.6 Å². The van der Waals surface area contributed by atoms with Crippen LogP contribution in [0.4, 0.5) is 4.79 Å². The van der Waals surface area contributed by atoms with Crippen LogP contribution in [0.3, 0.4) is 0 Å². The number of para-hydroxylation sites is 1. The van der Waals surface area contributed by atoms with Gasteiger partial charge in [-0.1, -0.05) is 64.8 Å². The highest BCUT2D eigenvalue weighted by atomic mass is 35.6. The standard InChI is InChI=1S/C18H17Cl3N2O10S/c19-18(20,21)8-33-17(30)32-7-11(25)34-15-12(13(26)23(15)14(27)16(28)29)22-10(24)6-31-9-4-2-1-3-5-9/h1-5,12,14-15,27H,6-8H2,(H,22,24)(H,28,29). The Bertz CT molecular complexity index is 930. The first-order valence-electron chi connectivity index (χ1n) is 9.15. The van der Waals surface area contributed by atoms with Crippen molar-refractivity contribution in [2.24, 2.45) is 0 Å². The summed E-state index contributed by atoms with van der Waals surface area (Å²) in [5, 5.41) is 18.9. The normalized spacial score (nSPS) is 18.4. The number of benzene rings is 1. The summed E-state index contributed by atoms with van der Waals surface area (Å²) < 4.78 is 12.4. The number of ether oxygens (including phenoxy) is 3. The van der Waals surface area contributed by atoms with E-state index in [1.165, 1.54) is 0 Å². The number of aliphatic carboxylic acids is 1. The fourth-order valence-electron chi connectivity index (χ4n) is 2.47. The van der Waals surface area contributed by atoms with Crippen molar-refractivity contribution in [2.75, 3.05) is 19.8 Å². The lowest BCUT2D eigenvalue weighted by Gasteiger charge is -2.46. The van der Waals surface area contributed by atoms with E-state index in [-0.39, 0.29) is 0 Å². The minimum absolute atomic E-state index is 0.350. The fourth-order valence-corrected chi connectivity index (χ4v) is 3.69. The average molecular weight is 560 g/mol. The third-order valence-electron chi connectivity index (χ3n) is 3.91. The zero-order chi connectivity index (χ0) is 25.5. The van der Waals surface area contributed by atoms with Gasteiger partial charge in [0.05, 0.1) is 0 Å². The van der Waals surface area contributed by atoms with Crippen molar-refractivity contribution in [3.8, 4) is 5.75 Å². The van der Waals surface area contributed by atoms with Crippen molar-refractivity contribution in [1.82, 2.24) is 10.2 Å². The minimum atomic E-state index is -2.28. The molecule has 186 valence electrons. The van der Waals surface area contributed by atoms with E-state index in [4.69, 9.17) is 44.6 Å². The largest absolute Gasteiger partial charge is 0.508 e. The zero-order valence-corrected chi connectivity index (χ0v) is 20.0. The predicted molar refractivity (Wildman–Crippen MR) is 118 cm³/mol. The summed E-state index contributed by atoms with van der Waals surface area (Å²) in [6.07, 6.45) is -3.60. The molecule has 0 aliphatic carbocycles. The van der Waals surface area contributed by atoms with Gasteiger partial charge in [-0.15, -0.1) is 0 Å². The van der Waals surface area contributed by atoms with E-state index in [0.29, 0.717) is 22.4 Å². The Labute approximate surface area is 211 Å². The summed E-state index contributed by atoms with van der Waals surface area (Å²) in [6.45, 7) is -1.98. The van der Waals surface area contributed by atoms with Gasteiger partial charge in [0.25, 0.3) is 11.8 Å². The molecular formula is C18H17Cl3N2O10S. The summed E-state index contributed by atoms with van der Waals surface area (Å²) >= 11 is 16.6. The maximum absolute atomic E-state index is 12.3. The van der Waals surface area contributed by atoms with Gasteiger partial charge >= 0.3 is 12.1 Å². The number of aliphatic hydroxyl groups is 1. The molecule has 2 amide bonds. The number of carboxylic acids is 1. The number of alkyl halides is 3. The Morgan fingerprint density at radius 1 is 1.12 bits per heavy atom. The van der Waals surface area contributed by atoms with Crippen LogP contribution in [0.25, 0.3) is 0 Å². The SMILES string of the molecule is O=C(COc1ccccc1)NC1C(=O)N(C(O)C(=O)O)C1SC(=O)COC(=O)OCC(Cl)(Cl)Cl. The molecule has 0 aromatic heterocycles. The highest BCUT2D eigenvalue weighted by molar-refractivity contribution is 8.14. The molecule has 34 heavy (non-hydrogen) atoms. The first-order valence-corrected chi connectivity index (χ1v) is 11.2. The first-order chi connectivity index (χ1) is 15.9. The summed E-state index contributed by atoms with van der Waals surface area (Å²) in [5.74, 6) is -3.05. The molecule has 16 heteroatoms.